The molecule has 0 atom stereocenters. The van der Waals surface area contributed by atoms with Crippen LogP contribution in [0.2, 0.25) is 0 Å². The normalized spacial score (nSPS) is 10.7. The van der Waals surface area contributed by atoms with E-state index in [9.17, 15) is 4.79 Å². The van der Waals surface area contributed by atoms with Crippen LogP contribution in [0.1, 0.15) is 25.3 Å². The molecule has 0 radical (unpaired) electrons. The molecule has 0 unspecified atom stereocenters. The highest BCUT2D eigenvalue weighted by Gasteiger charge is 2.15. The van der Waals surface area contributed by atoms with Gasteiger partial charge in [0.05, 0.1) is 12.4 Å². The Morgan fingerprint density at radius 2 is 1.94 bits per heavy atom. The van der Waals surface area contributed by atoms with Crippen molar-refractivity contribution in [2.45, 2.75) is 37.9 Å². The molecule has 32 heavy (non-hydrogen) atoms. The topological polar surface area (TPSA) is 69.0 Å². The zero-order valence-corrected chi connectivity index (χ0v) is 19.3. The van der Waals surface area contributed by atoms with Crippen molar-refractivity contribution in [1.29, 1.82) is 0 Å². The van der Waals surface area contributed by atoms with Crippen molar-refractivity contribution in [3.05, 3.63) is 72.8 Å². The highest BCUT2D eigenvalue weighted by Crippen LogP contribution is 2.25. The van der Waals surface area contributed by atoms with Gasteiger partial charge in [0, 0.05) is 18.7 Å². The van der Waals surface area contributed by atoms with E-state index in [1.807, 2.05) is 47.0 Å². The third kappa shape index (κ3) is 6.99. The van der Waals surface area contributed by atoms with Crippen LogP contribution in [-0.4, -0.2) is 39.6 Å². The Balaban J connectivity index is 1.57. The number of unbranched alkanes of at least 4 members (excludes halogenated alkanes) is 1. The van der Waals surface area contributed by atoms with Crippen LogP contribution in [-0.2, 0) is 17.8 Å². The van der Waals surface area contributed by atoms with Crippen molar-refractivity contribution in [2.75, 3.05) is 18.9 Å². The molecular weight excluding hydrogens is 420 g/mol. The molecule has 6 nitrogen and oxygen atoms in total. The molecule has 1 heterocycles. The maximum absolute atomic E-state index is 12.3. The predicted molar refractivity (Wildman–Crippen MR) is 130 cm³/mol. The molecular formula is C25H30N4O2S. The van der Waals surface area contributed by atoms with E-state index < -0.39 is 0 Å². The van der Waals surface area contributed by atoms with Crippen LogP contribution in [0, 0.1) is 0 Å². The highest BCUT2D eigenvalue weighted by atomic mass is 32.2. The quantitative estimate of drug-likeness (QED) is 0.231. The van der Waals surface area contributed by atoms with Crippen LogP contribution in [0.25, 0.3) is 11.4 Å². The van der Waals surface area contributed by atoms with Gasteiger partial charge in [-0.1, -0.05) is 61.5 Å². The Bertz CT molecular complexity index is 987. The molecule has 0 spiro atoms. The summed E-state index contributed by atoms with van der Waals surface area (Å²) in [6, 6.07) is 18.0. The van der Waals surface area contributed by atoms with E-state index in [4.69, 9.17) is 4.74 Å². The van der Waals surface area contributed by atoms with Crippen molar-refractivity contribution >= 4 is 17.7 Å². The molecule has 0 saturated carbocycles. The minimum Gasteiger partial charge on any atom is -0.494 e. The number of aromatic nitrogens is 3. The number of hydrogen-bond donors (Lipinski definition) is 1. The fraction of sp³-hybridized carbons (Fsp3) is 0.320. The standard InChI is InChI=1S/C25H30N4O2S/c1-3-5-18-31-22-13-11-21(12-14-22)24-27-28-25(29(24)17-4-2)32-19-23(30)26-16-15-20-9-7-6-8-10-20/h4,6-14H,2-3,5,15-19H2,1H3,(H,26,30). The fourth-order valence-corrected chi connectivity index (χ4v) is 3.89. The maximum Gasteiger partial charge on any atom is 0.230 e. The van der Waals surface area contributed by atoms with Crippen molar-refractivity contribution < 1.29 is 9.53 Å². The first-order valence-corrected chi connectivity index (χ1v) is 11.9. The van der Waals surface area contributed by atoms with Crippen LogP contribution >= 0.6 is 11.8 Å². The molecule has 0 aliphatic rings. The second kappa shape index (κ2) is 12.7. The van der Waals surface area contributed by atoms with E-state index in [0.29, 0.717) is 18.2 Å². The molecule has 3 aromatic rings. The minimum absolute atomic E-state index is 0.0192. The van der Waals surface area contributed by atoms with Crippen LogP contribution in [0.15, 0.2) is 72.4 Å². The van der Waals surface area contributed by atoms with Gasteiger partial charge in [-0.15, -0.1) is 16.8 Å². The second-order valence-corrected chi connectivity index (χ2v) is 8.25. The van der Waals surface area contributed by atoms with Gasteiger partial charge in [0.1, 0.15) is 5.75 Å². The summed E-state index contributed by atoms with van der Waals surface area (Å²) in [5, 5.41) is 12.3. The van der Waals surface area contributed by atoms with E-state index in [0.717, 1.165) is 43.0 Å². The van der Waals surface area contributed by atoms with E-state index in [1.165, 1.54) is 17.3 Å². The molecule has 0 bridgehead atoms. The summed E-state index contributed by atoms with van der Waals surface area (Å²) in [5.74, 6) is 1.86. The molecule has 168 valence electrons. The van der Waals surface area contributed by atoms with E-state index in [-0.39, 0.29) is 11.7 Å². The summed E-state index contributed by atoms with van der Waals surface area (Å²) in [6.07, 6.45) is 4.76. The number of thioether (sulfide) groups is 1. The summed E-state index contributed by atoms with van der Waals surface area (Å²) in [7, 11) is 0. The number of ether oxygens (including phenoxy) is 1. The molecule has 0 fully saturated rings. The van der Waals surface area contributed by atoms with Gasteiger partial charge in [0.2, 0.25) is 5.91 Å². The summed E-state index contributed by atoms with van der Waals surface area (Å²) in [6.45, 7) is 7.88. The number of nitrogens with zero attached hydrogens (tertiary/aromatic N) is 3. The summed E-state index contributed by atoms with van der Waals surface area (Å²) >= 11 is 1.38. The van der Waals surface area contributed by atoms with Crippen LogP contribution < -0.4 is 10.1 Å². The van der Waals surface area contributed by atoms with Gasteiger partial charge < -0.3 is 10.1 Å². The molecule has 3 rings (SSSR count). The number of allylic oxidation sites excluding steroid dienone is 1. The lowest BCUT2D eigenvalue weighted by molar-refractivity contribution is -0.118. The van der Waals surface area contributed by atoms with Crippen molar-refractivity contribution in [3.63, 3.8) is 0 Å². The average Bonchev–Trinajstić information content (AvgIpc) is 3.22. The van der Waals surface area contributed by atoms with E-state index in [2.05, 4.69) is 41.1 Å². The summed E-state index contributed by atoms with van der Waals surface area (Å²) in [4.78, 5) is 12.3. The fourth-order valence-electron chi connectivity index (χ4n) is 3.11. The molecule has 1 amide bonds. The number of carbonyl (C=O) groups excluding carboxylic acids is 1. The SMILES string of the molecule is C=CCn1c(SCC(=O)NCCc2ccccc2)nnc1-c1ccc(OCCCC)cc1. The number of nitrogens with one attached hydrogen (secondary N) is 1. The Morgan fingerprint density at radius 3 is 2.66 bits per heavy atom. The molecule has 0 saturated heterocycles. The Morgan fingerprint density at radius 1 is 1.16 bits per heavy atom. The van der Waals surface area contributed by atoms with Crippen LogP contribution in [0.4, 0.5) is 0 Å². The molecule has 1 aromatic heterocycles. The first-order chi connectivity index (χ1) is 15.7. The third-order valence-electron chi connectivity index (χ3n) is 4.82. The molecule has 2 aromatic carbocycles. The number of rotatable bonds is 13. The zero-order chi connectivity index (χ0) is 22.6. The smallest absolute Gasteiger partial charge is 0.230 e. The zero-order valence-electron chi connectivity index (χ0n) is 18.5. The van der Waals surface area contributed by atoms with Gasteiger partial charge in [0.15, 0.2) is 11.0 Å². The molecule has 0 aliphatic heterocycles. The largest absolute Gasteiger partial charge is 0.494 e. The first-order valence-electron chi connectivity index (χ1n) is 10.9. The van der Waals surface area contributed by atoms with Crippen LogP contribution in [0.3, 0.4) is 0 Å². The molecule has 0 aliphatic carbocycles. The Kier molecular flexibility index (Phi) is 9.37. The van der Waals surface area contributed by atoms with E-state index in [1.54, 1.807) is 6.08 Å². The van der Waals surface area contributed by atoms with Crippen LogP contribution in [0.5, 0.6) is 5.75 Å². The lowest BCUT2D eigenvalue weighted by Gasteiger charge is -2.09. The molecule has 7 heteroatoms. The molecule has 1 N–H and O–H groups in total. The second-order valence-electron chi connectivity index (χ2n) is 7.31. The maximum atomic E-state index is 12.3. The third-order valence-corrected chi connectivity index (χ3v) is 5.79. The van der Waals surface area contributed by atoms with Gasteiger partial charge in [-0.2, -0.15) is 0 Å². The van der Waals surface area contributed by atoms with Gasteiger partial charge in [-0.25, -0.2) is 0 Å². The number of benzene rings is 2. The van der Waals surface area contributed by atoms with Gasteiger partial charge in [-0.3, -0.25) is 9.36 Å². The first kappa shape index (κ1) is 23.6. The average molecular weight is 451 g/mol. The highest BCUT2D eigenvalue weighted by molar-refractivity contribution is 7.99. The summed E-state index contributed by atoms with van der Waals surface area (Å²) < 4.78 is 7.71. The van der Waals surface area contributed by atoms with Gasteiger partial charge in [0.25, 0.3) is 0 Å². The Hall–Kier alpha value is -3.06. The van der Waals surface area contributed by atoms with Gasteiger partial charge >= 0.3 is 0 Å². The number of carbonyl (C=O) groups is 1. The lowest BCUT2D eigenvalue weighted by Crippen LogP contribution is -2.27. The van der Waals surface area contributed by atoms with Crippen molar-refractivity contribution in [2.24, 2.45) is 0 Å². The van der Waals surface area contributed by atoms with Crippen molar-refractivity contribution in [3.8, 4) is 17.1 Å². The van der Waals surface area contributed by atoms with E-state index >= 15 is 0 Å². The predicted octanol–water partition coefficient (Wildman–Crippen LogP) is 4.76. The minimum atomic E-state index is -0.0192. The summed E-state index contributed by atoms with van der Waals surface area (Å²) in [5.41, 5.74) is 2.15. The van der Waals surface area contributed by atoms with Crippen molar-refractivity contribution in [1.82, 2.24) is 20.1 Å². The monoisotopic (exact) mass is 450 g/mol. The van der Waals surface area contributed by atoms with Gasteiger partial charge in [-0.05, 0) is 42.7 Å². The number of hydrogen-bond acceptors (Lipinski definition) is 5. The number of amides is 1. The lowest BCUT2D eigenvalue weighted by atomic mass is 10.1. The Labute approximate surface area is 194 Å².